The first-order valence-electron chi connectivity index (χ1n) is 11.2. The SMILES string of the molecule is C=CC(=O)N(C)C1CC(n2nc(-c3sc(C(=O)Nc4ccccn4)cc3C)c3c(N)nccc32)C1. The van der Waals surface area contributed by atoms with Gasteiger partial charge in [0, 0.05) is 25.5 Å². The molecule has 1 aliphatic rings. The minimum Gasteiger partial charge on any atom is -0.383 e. The van der Waals surface area contributed by atoms with E-state index in [0.29, 0.717) is 22.2 Å². The first-order chi connectivity index (χ1) is 16.9. The number of likely N-dealkylation sites (N-methyl/N-ethyl adjacent to an activating group) is 1. The lowest BCUT2D eigenvalue weighted by molar-refractivity contribution is -0.129. The van der Waals surface area contributed by atoms with Crippen molar-refractivity contribution in [2.45, 2.75) is 31.8 Å². The molecule has 5 rings (SSSR count). The van der Waals surface area contributed by atoms with E-state index in [2.05, 4.69) is 21.9 Å². The predicted octanol–water partition coefficient (Wildman–Crippen LogP) is 4.05. The highest BCUT2D eigenvalue weighted by Crippen LogP contribution is 2.42. The average molecular weight is 488 g/mol. The van der Waals surface area contributed by atoms with Crippen LogP contribution in [0.5, 0.6) is 0 Å². The van der Waals surface area contributed by atoms with E-state index in [4.69, 9.17) is 10.8 Å². The number of nitrogens with two attached hydrogens (primary N) is 1. The molecule has 35 heavy (non-hydrogen) atoms. The van der Waals surface area contributed by atoms with Crippen LogP contribution in [-0.2, 0) is 4.79 Å². The number of nitrogens with one attached hydrogen (secondary N) is 1. The van der Waals surface area contributed by atoms with Crippen molar-refractivity contribution in [3.8, 4) is 10.6 Å². The van der Waals surface area contributed by atoms with Gasteiger partial charge in [-0.3, -0.25) is 14.3 Å². The maximum absolute atomic E-state index is 12.8. The number of pyridine rings is 2. The summed E-state index contributed by atoms with van der Waals surface area (Å²) in [5, 5.41) is 8.56. The normalized spacial score (nSPS) is 17.1. The summed E-state index contributed by atoms with van der Waals surface area (Å²) in [4.78, 5) is 36.4. The van der Waals surface area contributed by atoms with Crippen LogP contribution in [0.4, 0.5) is 11.6 Å². The highest BCUT2D eigenvalue weighted by molar-refractivity contribution is 7.17. The molecule has 4 aromatic heterocycles. The minimum absolute atomic E-state index is 0.0846. The van der Waals surface area contributed by atoms with E-state index in [1.54, 1.807) is 36.5 Å². The van der Waals surface area contributed by atoms with Crippen LogP contribution in [0.3, 0.4) is 0 Å². The molecule has 1 saturated carbocycles. The standard InChI is InChI=1S/C25H25N7O2S/c1-4-20(33)31(3)15-12-16(13-15)32-17-8-10-28-24(26)21(17)22(30-32)23-14(2)11-18(35-23)25(34)29-19-7-5-6-9-27-19/h4-11,15-16H,1,12-13H2,2-3H3,(H2,26,28)(H,27,29,34). The highest BCUT2D eigenvalue weighted by Gasteiger charge is 2.37. The van der Waals surface area contributed by atoms with E-state index in [-0.39, 0.29) is 23.9 Å². The minimum atomic E-state index is -0.227. The molecule has 0 radical (unpaired) electrons. The highest BCUT2D eigenvalue weighted by atomic mass is 32.1. The number of amides is 2. The molecule has 178 valence electrons. The summed E-state index contributed by atoms with van der Waals surface area (Å²) in [6.45, 7) is 5.53. The number of carbonyl (C=O) groups is 2. The third kappa shape index (κ3) is 4.06. The van der Waals surface area contributed by atoms with Crippen LogP contribution in [0.1, 0.15) is 34.1 Å². The van der Waals surface area contributed by atoms with Gasteiger partial charge in [-0.05, 0) is 55.7 Å². The van der Waals surface area contributed by atoms with E-state index in [1.165, 1.54) is 17.4 Å². The van der Waals surface area contributed by atoms with Crippen LogP contribution in [0, 0.1) is 6.92 Å². The number of thiophene rings is 1. The van der Waals surface area contributed by atoms with Crippen molar-refractivity contribution < 1.29 is 9.59 Å². The third-order valence-corrected chi connectivity index (χ3v) is 7.66. The third-order valence-electron chi connectivity index (χ3n) is 6.42. The van der Waals surface area contributed by atoms with E-state index in [9.17, 15) is 9.59 Å². The molecular weight excluding hydrogens is 462 g/mol. The molecular formula is C25H25N7O2S. The fourth-order valence-electron chi connectivity index (χ4n) is 4.39. The van der Waals surface area contributed by atoms with Crippen LogP contribution in [-0.4, -0.2) is 49.6 Å². The quantitative estimate of drug-likeness (QED) is 0.396. The molecule has 4 heterocycles. The number of carbonyl (C=O) groups excluding carboxylic acids is 2. The molecule has 1 fully saturated rings. The Morgan fingerprint density at radius 3 is 2.77 bits per heavy atom. The number of hydrogen-bond donors (Lipinski definition) is 2. The Balaban J connectivity index is 1.47. The molecule has 0 aromatic carbocycles. The first-order valence-corrected chi connectivity index (χ1v) is 12.0. The number of hydrogen-bond acceptors (Lipinski definition) is 7. The molecule has 2 amide bonds. The lowest BCUT2D eigenvalue weighted by Gasteiger charge is -2.41. The Morgan fingerprint density at radius 2 is 2.06 bits per heavy atom. The van der Waals surface area contributed by atoms with Crippen LogP contribution < -0.4 is 11.1 Å². The average Bonchev–Trinajstić information content (AvgIpc) is 3.40. The van der Waals surface area contributed by atoms with Crippen molar-refractivity contribution in [1.82, 2.24) is 24.6 Å². The molecule has 0 atom stereocenters. The zero-order chi connectivity index (χ0) is 24.7. The van der Waals surface area contributed by atoms with Crippen LogP contribution in [0.15, 0.2) is 55.4 Å². The van der Waals surface area contributed by atoms with Crippen molar-refractivity contribution in [3.05, 3.63) is 65.8 Å². The van der Waals surface area contributed by atoms with Gasteiger partial charge in [-0.25, -0.2) is 9.97 Å². The number of aryl methyl sites for hydroxylation is 1. The van der Waals surface area contributed by atoms with Gasteiger partial charge in [-0.1, -0.05) is 12.6 Å². The first kappa shape index (κ1) is 22.7. The molecule has 0 unspecified atom stereocenters. The molecule has 4 aromatic rings. The van der Waals surface area contributed by atoms with Gasteiger partial charge in [-0.2, -0.15) is 5.10 Å². The van der Waals surface area contributed by atoms with Crippen molar-refractivity contribution in [3.63, 3.8) is 0 Å². The second-order valence-corrected chi connectivity index (χ2v) is 9.66. The Labute approximate surface area is 206 Å². The van der Waals surface area contributed by atoms with E-state index >= 15 is 0 Å². The molecule has 0 aliphatic heterocycles. The number of rotatable bonds is 6. The Bertz CT molecular complexity index is 1440. The largest absolute Gasteiger partial charge is 0.383 e. The number of anilines is 2. The Kier molecular flexibility index (Phi) is 5.81. The van der Waals surface area contributed by atoms with Crippen molar-refractivity contribution in [1.29, 1.82) is 0 Å². The van der Waals surface area contributed by atoms with Crippen LogP contribution >= 0.6 is 11.3 Å². The van der Waals surface area contributed by atoms with Crippen molar-refractivity contribution >= 4 is 45.7 Å². The van der Waals surface area contributed by atoms with E-state index in [0.717, 1.165) is 34.2 Å². The summed E-state index contributed by atoms with van der Waals surface area (Å²) in [5.74, 6) is 0.576. The second-order valence-electron chi connectivity index (χ2n) is 8.61. The lowest BCUT2D eigenvalue weighted by atomic mass is 9.85. The summed E-state index contributed by atoms with van der Waals surface area (Å²) in [5.41, 5.74) is 8.84. The van der Waals surface area contributed by atoms with E-state index in [1.807, 2.05) is 29.8 Å². The second kappa shape index (κ2) is 8.95. The van der Waals surface area contributed by atoms with Gasteiger partial charge in [0.25, 0.3) is 5.91 Å². The summed E-state index contributed by atoms with van der Waals surface area (Å²) < 4.78 is 1.98. The molecule has 9 nitrogen and oxygen atoms in total. The fourth-order valence-corrected chi connectivity index (χ4v) is 5.45. The summed E-state index contributed by atoms with van der Waals surface area (Å²) in [6.07, 6.45) is 6.22. The van der Waals surface area contributed by atoms with Crippen molar-refractivity contribution in [2.24, 2.45) is 0 Å². The number of nitrogens with zero attached hydrogens (tertiary/aromatic N) is 5. The molecule has 0 bridgehead atoms. The maximum atomic E-state index is 12.8. The molecule has 10 heteroatoms. The zero-order valence-corrected chi connectivity index (χ0v) is 20.2. The van der Waals surface area contributed by atoms with Gasteiger partial charge in [-0.15, -0.1) is 11.3 Å². The van der Waals surface area contributed by atoms with Gasteiger partial charge < -0.3 is 16.0 Å². The molecule has 3 N–H and O–H groups in total. The van der Waals surface area contributed by atoms with Crippen LogP contribution in [0.2, 0.25) is 0 Å². The van der Waals surface area contributed by atoms with Gasteiger partial charge in [0.05, 0.1) is 26.7 Å². The Hall–Kier alpha value is -4.05. The van der Waals surface area contributed by atoms with Gasteiger partial charge >= 0.3 is 0 Å². The molecule has 0 spiro atoms. The van der Waals surface area contributed by atoms with Crippen molar-refractivity contribution in [2.75, 3.05) is 18.1 Å². The monoisotopic (exact) mass is 487 g/mol. The number of fused-ring (bicyclic) bond motifs is 1. The van der Waals surface area contributed by atoms with E-state index < -0.39 is 0 Å². The molecule has 1 aliphatic carbocycles. The maximum Gasteiger partial charge on any atom is 0.266 e. The topological polar surface area (TPSA) is 119 Å². The summed E-state index contributed by atoms with van der Waals surface area (Å²) in [7, 11) is 1.80. The molecule has 0 saturated heterocycles. The van der Waals surface area contributed by atoms with Gasteiger partial charge in [0.2, 0.25) is 5.91 Å². The summed E-state index contributed by atoms with van der Waals surface area (Å²) in [6, 6.07) is 9.38. The fraction of sp³-hybridized carbons (Fsp3) is 0.240. The number of aromatic nitrogens is 4. The number of nitrogen functional groups attached to an aromatic ring is 1. The van der Waals surface area contributed by atoms with Crippen LogP contribution in [0.25, 0.3) is 21.5 Å². The summed E-state index contributed by atoms with van der Waals surface area (Å²) >= 11 is 1.36. The lowest BCUT2D eigenvalue weighted by Crippen LogP contribution is -2.45. The Morgan fingerprint density at radius 1 is 1.26 bits per heavy atom. The zero-order valence-electron chi connectivity index (χ0n) is 19.4. The smallest absolute Gasteiger partial charge is 0.266 e. The van der Waals surface area contributed by atoms with Gasteiger partial charge in [0.1, 0.15) is 17.3 Å². The predicted molar refractivity (Wildman–Crippen MR) is 137 cm³/mol. The van der Waals surface area contributed by atoms with Gasteiger partial charge in [0.15, 0.2) is 0 Å².